The number of methoxy groups -OCH3 is 1. The number of fused-ring (bicyclic) bond motifs is 2. The van der Waals surface area contributed by atoms with E-state index >= 15 is 0 Å². The highest BCUT2D eigenvalue weighted by atomic mass is 32.2. The van der Waals surface area contributed by atoms with Crippen molar-refractivity contribution in [2.75, 3.05) is 18.6 Å². The summed E-state index contributed by atoms with van der Waals surface area (Å²) in [5.74, 6) is -0.804. The van der Waals surface area contributed by atoms with Crippen LogP contribution in [0.3, 0.4) is 0 Å². The highest BCUT2D eigenvalue weighted by molar-refractivity contribution is 7.99. The summed E-state index contributed by atoms with van der Waals surface area (Å²) in [6, 6.07) is 19.5. The third kappa shape index (κ3) is 4.93. The number of hydrogen-bond donors (Lipinski definition) is 1. The topological polar surface area (TPSA) is 102 Å². The lowest BCUT2D eigenvalue weighted by Crippen LogP contribution is -2.41. The number of carbonyl (C=O) groups excluding carboxylic acids is 2. The average Bonchev–Trinajstić information content (AvgIpc) is 2.85. The molecule has 3 aromatic rings. The molecule has 1 unspecified atom stereocenters. The fourth-order valence-corrected chi connectivity index (χ4v) is 5.65. The summed E-state index contributed by atoms with van der Waals surface area (Å²) in [6.07, 6.45) is 0. The molecule has 0 bridgehead atoms. The van der Waals surface area contributed by atoms with E-state index in [1.807, 2.05) is 48.5 Å². The number of para-hydroxylation sites is 2. The van der Waals surface area contributed by atoms with E-state index in [2.05, 4.69) is 4.72 Å². The number of hydrogen-bond acceptors (Lipinski definition) is 7. The molecule has 0 saturated heterocycles. The van der Waals surface area contributed by atoms with Gasteiger partial charge in [0.1, 0.15) is 11.8 Å². The molecule has 0 aromatic heterocycles. The Balaban J connectivity index is 1.43. The molecule has 10 heteroatoms. The van der Waals surface area contributed by atoms with Crippen molar-refractivity contribution in [3.05, 3.63) is 72.8 Å². The van der Waals surface area contributed by atoms with E-state index in [0.29, 0.717) is 17.1 Å². The number of anilines is 2. The molecule has 0 fully saturated rings. The van der Waals surface area contributed by atoms with Gasteiger partial charge in [0.25, 0.3) is 5.91 Å². The standard InChI is InChI=1S/C24H22N2O6S2/c1-16(25-34(29,30)18-13-11-17(31-2)12-14-18)24(28)32-15-23(27)26-19-7-3-5-9-21(19)33-22-10-6-4-8-20(22)26/h3-14,16,25H,15H2,1-2H3. The van der Waals surface area contributed by atoms with Crippen LogP contribution < -0.4 is 14.4 Å². The van der Waals surface area contributed by atoms with Crippen molar-refractivity contribution < 1.29 is 27.5 Å². The number of ether oxygens (including phenoxy) is 2. The number of carbonyl (C=O) groups is 2. The zero-order valence-corrected chi connectivity index (χ0v) is 20.1. The van der Waals surface area contributed by atoms with Crippen LogP contribution in [-0.4, -0.2) is 40.1 Å². The first-order chi connectivity index (χ1) is 16.3. The van der Waals surface area contributed by atoms with Gasteiger partial charge < -0.3 is 9.47 Å². The van der Waals surface area contributed by atoms with E-state index in [1.165, 1.54) is 43.2 Å². The van der Waals surface area contributed by atoms with E-state index in [4.69, 9.17) is 9.47 Å². The number of benzene rings is 3. The van der Waals surface area contributed by atoms with Crippen molar-refractivity contribution >= 4 is 45.0 Å². The Morgan fingerprint density at radius 2 is 1.50 bits per heavy atom. The smallest absolute Gasteiger partial charge is 0.324 e. The first kappa shape index (κ1) is 23.8. The molecule has 1 aliphatic rings. The fourth-order valence-electron chi connectivity index (χ4n) is 3.40. The van der Waals surface area contributed by atoms with Gasteiger partial charge >= 0.3 is 5.97 Å². The Kier molecular flexibility index (Phi) is 6.92. The van der Waals surface area contributed by atoms with Gasteiger partial charge in [0.05, 0.1) is 23.4 Å². The highest BCUT2D eigenvalue weighted by Crippen LogP contribution is 2.47. The van der Waals surface area contributed by atoms with E-state index < -0.39 is 34.5 Å². The SMILES string of the molecule is COc1ccc(S(=O)(=O)NC(C)C(=O)OCC(=O)N2c3ccccc3Sc3ccccc32)cc1. The fraction of sp³-hybridized carbons (Fsp3) is 0.167. The summed E-state index contributed by atoms with van der Waals surface area (Å²) >= 11 is 1.55. The summed E-state index contributed by atoms with van der Waals surface area (Å²) in [4.78, 5) is 28.9. The molecular formula is C24H22N2O6S2. The minimum Gasteiger partial charge on any atom is -0.497 e. The van der Waals surface area contributed by atoms with E-state index in [1.54, 1.807) is 11.8 Å². The molecule has 0 aliphatic carbocycles. The van der Waals surface area contributed by atoms with Crippen molar-refractivity contribution in [1.82, 2.24) is 4.72 Å². The Morgan fingerprint density at radius 1 is 0.941 bits per heavy atom. The summed E-state index contributed by atoms with van der Waals surface area (Å²) in [6.45, 7) is 0.816. The first-order valence-corrected chi connectivity index (χ1v) is 12.6. The van der Waals surface area contributed by atoms with E-state index in [-0.39, 0.29) is 4.90 Å². The summed E-state index contributed by atoms with van der Waals surface area (Å²) in [5, 5.41) is 0. The number of esters is 1. The normalized spacial score (nSPS) is 13.4. The molecule has 1 N–H and O–H groups in total. The zero-order valence-electron chi connectivity index (χ0n) is 18.4. The molecule has 8 nitrogen and oxygen atoms in total. The van der Waals surface area contributed by atoms with Crippen molar-refractivity contribution in [3.8, 4) is 5.75 Å². The Bertz CT molecular complexity index is 1280. The maximum Gasteiger partial charge on any atom is 0.324 e. The van der Waals surface area contributed by atoms with Crippen LogP contribution in [0.2, 0.25) is 0 Å². The largest absolute Gasteiger partial charge is 0.497 e. The molecule has 0 spiro atoms. The maximum atomic E-state index is 13.1. The van der Waals surface area contributed by atoms with Gasteiger partial charge in [0.2, 0.25) is 10.0 Å². The van der Waals surface area contributed by atoms with Crippen molar-refractivity contribution in [1.29, 1.82) is 0 Å². The molecule has 1 amide bonds. The first-order valence-electron chi connectivity index (χ1n) is 10.3. The van der Waals surface area contributed by atoms with Crippen molar-refractivity contribution in [2.24, 2.45) is 0 Å². The second kappa shape index (κ2) is 9.88. The molecule has 0 saturated carbocycles. The number of sulfonamides is 1. The van der Waals surface area contributed by atoms with E-state index in [9.17, 15) is 18.0 Å². The number of rotatable bonds is 7. The van der Waals surface area contributed by atoms with E-state index in [0.717, 1.165) is 9.79 Å². The monoisotopic (exact) mass is 498 g/mol. The molecule has 4 rings (SSSR count). The quantitative estimate of drug-likeness (QED) is 0.495. The molecule has 1 atom stereocenters. The highest BCUT2D eigenvalue weighted by Gasteiger charge is 2.29. The van der Waals surface area contributed by atoms with Crippen LogP contribution in [-0.2, 0) is 24.3 Å². The molecule has 1 aliphatic heterocycles. The third-order valence-corrected chi connectivity index (χ3v) is 7.76. The minimum absolute atomic E-state index is 0.0249. The maximum absolute atomic E-state index is 13.1. The van der Waals surface area contributed by atoms with Gasteiger partial charge in [-0.1, -0.05) is 36.0 Å². The molecule has 1 heterocycles. The van der Waals surface area contributed by atoms with Crippen LogP contribution in [0.15, 0.2) is 87.5 Å². The number of nitrogens with one attached hydrogen (secondary N) is 1. The molecule has 34 heavy (non-hydrogen) atoms. The third-order valence-electron chi connectivity index (χ3n) is 5.07. The van der Waals surface area contributed by atoms with Gasteiger partial charge in [-0.25, -0.2) is 8.42 Å². The molecular weight excluding hydrogens is 476 g/mol. The Labute approximate surface area is 201 Å². The second-order valence-electron chi connectivity index (χ2n) is 7.39. The lowest BCUT2D eigenvalue weighted by atomic mass is 10.2. The molecule has 176 valence electrons. The summed E-state index contributed by atoms with van der Waals surface area (Å²) < 4.78 is 37.6. The predicted octanol–water partition coefficient (Wildman–Crippen LogP) is 3.73. The van der Waals surface area contributed by atoms with Crippen LogP contribution in [0.4, 0.5) is 11.4 Å². The van der Waals surface area contributed by atoms with Gasteiger partial charge in [-0.05, 0) is 55.5 Å². The van der Waals surface area contributed by atoms with Crippen LogP contribution in [0, 0.1) is 0 Å². The lowest BCUT2D eigenvalue weighted by molar-refractivity contribution is -0.149. The average molecular weight is 499 g/mol. The number of amides is 1. The minimum atomic E-state index is -3.97. The molecule has 3 aromatic carbocycles. The van der Waals surface area contributed by atoms with Gasteiger partial charge in [0, 0.05) is 9.79 Å². The van der Waals surface area contributed by atoms with Crippen LogP contribution in [0.1, 0.15) is 6.92 Å². The van der Waals surface area contributed by atoms with Crippen molar-refractivity contribution in [3.63, 3.8) is 0 Å². The van der Waals surface area contributed by atoms with Gasteiger partial charge in [-0.3, -0.25) is 14.5 Å². The van der Waals surface area contributed by atoms with Gasteiger partial charge in [0.15, 0.2) is 6.61 Å². The van der Waals surface area contributed by atoms with Crippen LogP contribution in [0.5, 0.6) is 5.75 Å². The van der Waals surface area contributed by atoms with Crippen LogP contribution >= 0.6 is 11.8 Å². The second-order valence-corrected chi connectivity index (χ2v) is 10.2. The lowest BCUT2D eigenvalue weighted by Gasteiger charge is -2.30. The number of nitrogens with zero attached hydrogens (tertiary/aromatic N) is 1. The Hall–Kier alpha value is -3.34. The van der Waals surface area contributed by atoms with Gasteiger partial charge in [-0.15, -0.1) is 0 Å². The van der Waals surface area contributed by atoms with Crippen LogP contribution in [0.25, 0.3) is 0 Å². The predicted molar refractivity (Wildman–Crippen MR) is 128 cm³/mol. The zero-order chi connectivity index (χ0) is 24.3. The summed E-state index contributed by atoms with van der Waals surface area (Å²) in [5.41, 5.74) is 1.39. The van der Waals surface area contributed by atoms with Crippen molar-refractivity contribution in [2.45, 2.75) is 27.7 Å². The summed E-state index contributed by atoms with van der Waals surface area (Å²) in [7, 11) is -2.50. The molecule has 0 radical (unpaired) electrons. The van der Waals surface area contributed by atoms with Gasteiger partial charge in [-0.2, -0.15) is 4.72 Å². The Morgan fingerprint density at radius 3 is 2.06 bits per heavy atom.